The van der Waals surface area contributed by atoms with Crippen molar-refractivity contribution in [3.8, 4) is 0 Å². The third kappa shape index (κ3) is 4.09. The molecule has 7 heteroatoms. The molecule has 0 aliphatic carbocycles. The highest BCUT2D eigenvalue weighted by molar-refractivity contribution is 9.10. The van der Waals surface area contributed by atoms with Crippen molar-refractivity contribution in [2.75, 3.05) is 18.4 Å². The molecular weight excluding hydrogens is 398 g/mol. The number of likely N-dealkylation sites (tertiary alicyclic amines) is 1. The standard InChI is InChI=1S/C19H22BrN3O3/c1-12-16(17(20)13(2)26-12)18(24)21-11-14-6-5-7-15(10-14)22-19(25)23-8-3-4-9-23/h5-7,10H,3-4,8-9,11H2,1-2H3,(H,21,24)(H,22,25). The summed E-state index contributed by atoms with van der Waals surface area (Å²) in [5, 5.41) is 5.81. The number of halogens is 1. The fraction of sp³-hybridized carbons (Fsp3) is 0.368. The van der Waals surface area contributed by atoms with E-state index in [1.165, 1.54) is 0 Å². The number of carbonyl (C=O) groups is 2. The SMILES string of the molecule is Cc1oc(C)c(C(=O)NCc2cccc(NC(=O)N3CCCC3)c2)c1Br. The van der Waals surface area contributed by atoms with Crippen molar-refractivity contribution in [2.24, 2.45) is 0 Å². The number of amides is 3. The van der Waals surface area contributed by atoms with Gasteiger partial charge in [-0.3, -0.25) is 4.79 Å². The number of furan rings is 1. The highest BCUT2D eigenvalue weighted by atomic mass is 79.9. The molecule has 0 atom stereocenters. The van der Waals surface area contributed by atoms with Crippen LogP contribution in [-0.4, -0.2) is 29.9 Å². The highest BCUT2D eigenvalue weighted by Gasteiger charge is 2.20. The van der Waals surface area contributed by atoms with Crippen molar-refractivity contribution in [1.29, 1.82) is 0 Å². The molecule has 1 saturated heterocycles. The number of hydrogen-bond donors (Lipinski definition) is 2. The number of hydrogen-bond acceptors (Lipinski definition) is 3. The average Bonchev–Trinajstić information content (AvgIpc) is 3.22. The second-order valence-electron chi connectivity index (χ2n) is 6.41. The van der Waals surface area contributed by atoms with Crippen LogP contribution in [-0.2, 0) is 6.54 Å². The summed E-state index contributed by atoms with van der Waals surface area (Å²) in [6, 6.07) is 7.42. The summed E-state index contributed by atoms with van der Waals surface area (Å²) in [6.07, 6.45) is 2.11. The second-order valence-corrected chi connectivity index (χ2v) is 7.20. The van der Waals surface area contributed by atoms with Crippen LogP contribution in [0.15, 0.2) is 33.2 Å². The van der Waals surface area contributed by atoms with Crippen LogP contribution < -0.4 is 10.6 Å². The molecule has 1 aliphatic heterocycles. The van der Waals surface area contributed by atoms with E-state index < -0.39 is 0 Å². The summed E-state index contributed by atoms with van der Waals surface area (Å²) in [5.74, 6) is 1.07. The summed E-state index contributed by atoms with van der Waals surface area (Å²) in [5.41, 5.74) is 2.15. The molecule has 1 aliphatic rings. The molecular formula is C19H22BrN3O3. The van der Waals surface area contributed by atoms with Gasteiger partial charge in [0.15, 0.2) is 0 Å². The molecule has 2 aromatic rings. The summed E-state index contributed by atoms with van der Waals surface area (Å²) in [6.45, 7) is 5.55. The third-order valence-corrected chi connectivity index (χ3v) is 5.39. The van der Waals surface area contributed by atoms with Gasteiger partial charge >= 0.3 is 6.03 Å². The van der Waals surface area contributed by atoms with Gasteiger partial charge in [0.2, 0.25) is 0 Å². The van der Waals surface area contributed by atoms with Crippen LogP contribution in [0.5, 0.6) is 0 Å². The maximum atomic E-state index is 12.4. The molecule has 1 aromatic carbocycles. The van der Waals surface area contributed by atoms with Gasteiger partial charge in [0.25, 0.3) is 5.91 Å². The number of benzene rings is 1. The van der Waals surface area contributed by atoms with Crippen molar-refractivity contribution in [3.63, 3.8) is 0 Å². The van der Waals surface area contributed by atoms with Crippen molar-refractivity contribution in [1.82, 2.24) is 10.2 Å². The molecule has 3 amide bonds. The molecule has 0 unspecified atom stereocenters. The van der Waals surface area contributed by atoms with Gasteiger partial charge in [0.05, 0.1) is 10.0 Å². The largest absolute Gasteiger partial charge is 0.465 e. The molecule has 0 saturated carbocycles. The minimum atomic E-state index is -0.197. The third-order valence-electron chi connectivity index (χ3n) is 4.44. The number of aryl methyl sites for hydroxylation is 2. The molecule has 0 radical (unpaired) electrons. The summed E-state index contributed by atoms with van der Waals surface area (Å²) in [7, 11) is 0. The Morgan fingerprint density at radius 1 is 1.19 bits per heavy atom. The zero-order valence-corrected chi connectivity index (χ0v) is 16.5. The van der Waals surface area contributed by atoms with Crippen LogP contribution in [0, 0.1) is 13.8 Å². The van der Waals surface area contributed by atoms with Gasteiger partial charge in [-0.05, 0) is 60.3 Å². The van der Waals surface area contributed by atoms with Crippen LogP contribution in [0.3, 0.4) is 0 Å². The smallest absolute Gasteiger partial charge is 0.321 e. The van der Waals surface area contributed by atoms with Crippen molar-refractivity contribution >= 4 is 33.6 Å². The number of carbonyl (C=O) groups excluding carboxylic acids is 2. The van der Waals surface area contributed by atoms with Crippen molar-refractivity contribution in [2.45, 2.75) is 33.2 Å². The van der Waals surface area contributed by atoms with Crippen molar-refractivity contribution in [3.05, 3.63) is 51.4 Å². The molecule has 6 nitrogen and oxygen atoms in total. The van der Waals surface area contributed by atoms with E-state index in [2.05, 4.69) is 26.6 Å². The fourth-order valence-corrected chi connectivity index (χ4v) is 3.61. The number of nitrogens with zero attached hydrogens (tertiary/aromatic N) is 1. The zero-order valence-electron chi connectivity index (χ0n) is 14.9. The second kappa shape index (κ2) is 7.95. The predicted molar refractivity (Wildman–Crippen MR) is 103 cm³/mol. The van der Waals surface area contributed by atoms with E-state index in [1.54, 1.807) is 13.8 Å². The average molecular weight is 420 g/mol. The summed E-state index contributed by atoms with van der Waals surface area (Å²) < 4.78 is 6.15. The fourth-order valence-electron chi connectivity index (χ4n) is 3.07. The lowest BCUT2D eigenvalue weighted by atomic mass is 10.2. The summed E-state index contributed by atoms with van der Waals surface area (Å²) >= 11 is 3.39. The molecule has 2 heterocycles. The van der Waals surface area contributed by atoms with E-state index in [-0.39, 0.29) is 11.9 Å². The minimum absolute atomic E-state index is 0.0721. The van der Waals surface area contributed by atoms with Gasteiger partial charge in [-0.1, -0.05) is 12.1 Å². The van der Waals surface area contributed by atoms with E-state index in [1.807, 2.05) is 29.2 Å². The van der Waals surface area contributed by atoms with Gasteiger partial charge in [-0.25, -0.2) is 4.79 Å². The van der Waals surface area contributed by atoms with Gasteiger partial charge in [-0.15, -0.1) is 0 Å². The highest BCUT2D eigenvalue weighted by Crippen LogP contribution is 2.27. The quantitative estimate of drug-likeness (QED) is 0.778. The lowest BCUT2D eigenvalue weighted by Crippen LogP contribution is -2.32. The Hall–Kier alpha value is -2.28. The Labute approximate surface area is 161 Å². The van der Waals surface area contributed by atoms with Crippen LogP contribution in [0.2, 0.25) is 0 Å². The topological polar surface area (TPSA) is 74.6 Å². The first kappa shape index (κ1) is 18.5. The maximum Gasteiger partial charge on any atom is 0.321 e. The van der Waals surface area contributed by atoms with E-state index >= 15 is 0 Å². The van der Waals surface area contributed by atoms with Crippen molar-refractivity contribution < 1.29 is 14.0 Å². The number of rotatable bonds is 4. The van der Waals surface area contributed by atoms with Gasteiger partial charge < -0.3 is 20.0 Å². The maximum absolute atomic E-state index is 12.4. The summed E-state index contributed by atoms with van der Waals surface area (Å²) in [4.78, 5) is 26.4. The molecule has 0 spiro atoms. The van der Waals surface area contributed by atoms with E-state index in [4.69, 9.17) is 4.42 Å². The number of anilines is 1. The molecule has 26 heavy (non-hydrogen) atoms. The monoisotopic (exact) mass is 419 g/mol. The van der Waals surface area contributed by atoms with Crippen LogP contribution in [0.25, 0.3) is 0 Å². The molecule has 138 valence electrons. The first-order valence-electron chi connectivity index (χ1n) is 8.64. The molecule has 1 fully saturated rings. The minimum Gasteiger partial charge on any atom is -0.465 e. The number of nitrogens with one attached hydrogen (secondary N) is 2. The van der Waals surface area contributed by atoms with E-state index in [9.17, 15) is 9.59 Å². The number of urea groups is 1. The normalized spacial score (nSPS) is 13.7. The Morgan fingerprint density at radius 3 is 2.58 bits per heavy atom. The first-order chi connectivity index (χ1) is 12.5. The predicted octanol–water partition coefficient (Wildman–Crippen LogP) is 4.22. The molecule has 2 N–H and O–H groups in total. The van der Waals surface area contributed by atoms with Crippen LogP contribution in [0.1, 0.15) is 40.3 Å². The van der Waals surface area contributed by atoms with Gasteiger partial charge in [-0.2, -0.15) is 0 Å². The lowest BCUT2D eigenvalue weighted by molar-refractivity contribution is 0.0948. The van der Waals surface area contributed by atoms with Crippen LogP contribution in [0.4, 0.5) is 10.5 Å². The Bertz CT molecular complexity index is 825. The Kier molecular flexibility index (Phi) is 5.66. The molecule has 0 bridgehead atoms. The zero-order chi connectivity index (χ0) is 18.7. The molecule has 1 aromatic heterocycles. The van der Waals surface area contributed by atoms with Gasteiger partial charge in [0, 0.05) is 25.3 Å². The van der Waals surface area contributed by atoms with Gasteiger partial charge in [0.1, 0.15) is 11.5 Å². The van der Waals surface area contributed by atoms with E-state index in [0.717, 1.165) is 37.2 Å². The van der Waals surface area contributed by atoms with Crippen LogP contribution >= 0.6 is 15.9 Å². The molecule has 3 rings (SSSR count). The Balaban J connectivity index is 1.61. The van der Waals surface area contributed by atoms with E-state index in [0.29, 0.717) is 28.1 Å². The lowest BCUT2D eigenvalue weighted by Gasteiger charge is -2.16. The Morgan fingerprint density at radius 2 is 1.92 bits per heavy atom. The first-order valence-corrected chi connectivity index (χ1v) is 9.43.